The SMILES string of the molecule is Cc1ccc(C=NNc2ccccc2)cc1S(=O)(=O)O. The molecule has 0 bridgehead atoms. The number of hydrogen-bond acceptors (Lipinski definition) is 4. The van der Waals surface area contributed by atoms with Crippen molar-refractivity contribution in [2.24, 2.45) is 5.10 Å². The van der Waals surface area contributed by atoms with Gasteiger partial charge in [0.2, 0.25) is 0 Å². The van der Waals surface area contributed by atoms with E-state index in [-0.39, 0.29) is 4.90 Å². The van der Waals surface area contributed by atoms with Gasteiger partial charge in [0, 0.05) is 0 Å². The largest absolute Gasteiger partial charge is 0.294 e. The fraction of sp³-hybridized carbons (Fsp3) is 0.0714. The van der Waals surface area contributed by atoms with Crippen LogP contribution < -0.4 is 5.43 Å². The summed E-state index contributed by atoms with van der Waals surface area (Å²) in [6, 6.07) is 14.1. The lowest BCUT2D eigenvalue weighted by atomic mass is 10.2. The lowest BCUT2D eigenvalue weighted by Gasteiger charge is -2.03. The van der Waals surface area contributed by atoms with E-state index in [1.54, 1.807) is 19.1 Å². The van der Waals surface area contributed by atoms with Gasteiger partial charge in [0.25, 0.3) is 10.1 Å². The molecule has 0 aliphatic rings. The van der Waals surface area contributed by atoms with Crippen LogP contribution >= 0.6 is 0 Å². The van der Waals surface area contributed by atoms with Gasteiger partial charge >= 0.3 is 0 Å². The minimum absolute atomic E-state index is 0.110. The van der Waals surface area contributed by atoms with Crippen molar-refractivity contribution in [2.45, 2.75) is 11.8 Å². The average molecular weight is 290 g/mol. The summed E-state index contributed by atoms with van der Waals surface area (Å²) in [4.78, 5) is -0.110. The van der Waals surface area contributed by atoms with E-state index < -0.39 is 10.1 Å². The first-order valence-corrected chi connectivity index (χ1v) is 7.33. The molecule has 5 nitrogen and oxygen atoms in total. The number of hydrazone groups is 1. The Hall–Kier alpha value is -2.18. The number of para-hydroxylation sites is 1. The third-order valence-electron chi connectivity index (χ3n) is 2.67. The van der Waals surface area contributed by atoms with E-state index in [1.807, 2.05) is 30.3 Å². The highest BCUT2D eigenvalue weighted by atomic mass is 32.2. The molecule has 0 atom stereocenters. The molecule has 0 saturated heterocycles. The summed E-state index contributed by atoms with van der Waals surface area (Å²) in [6.07, 6.45) is 1.49. The molecular formula is C14H14N2O3S. The third-order valence-corrected chi connectivity index (χ3v) is 3.67. The van der Waals surface area contributed by atoms with Crippen LogP contribution in [0.25, 0.3) is 0 Å². The molecule has 0 aliphatic carbocycles. The van der Waals surface area contributed by atoms with Crippen LogP contribution in [0.3, 0.4) is 0 Å². The lowest BCUT2D eigenvalue weighted by molar-refractivity contribution is 0.482. The Morgan fingerprint density at radius 3 is 2.50 bits per heavy atom. The Bertz CT molecular complexity index is 725. The van der Waals surface area contributed by atoms with Crippen molar-refractivity contribution >= 4 is 22.0 Å². The summed E-state index contributed by atoms with van der Waals surface area (Å²) < 4.78 is 31.5. The molecule has 2 N–H and O–H groups in total. The van der Waals surface area contributed by atoms with Gasteiger partial charge in [-0.2, -0.15) is 13.5 Å². The first-order valence-electron chi connectivity index (χ1n) is 5.89. The zero-order valence-corrected chi connectivity index (χ0v) is 11.6. The molecule has 0 heterocycles. The van der Waals surface area contributed by atoms with Gasteiger partial charge in [0.1, 0.15) is 0 Å². The predicted molar refractivity (Wildman–Crippen MR) is 78.7 cm³/mol. The van der Waals surface area contributed by atoms with Crippen LogP contribution in [0, 0.1) is 6.92 Å². The molecule has 0 amide bonds. The lowest BCUT2D eigenvalue weighted by Crippen LogP contribution is -2.02. The Kier molecular flexibility index (Phi) is 4.16. The molecule has 0 fully saturated rings. The van der Waals surface area contributed by atoms with Crippen molar-refractivity contribution in [3.8, 4) is 0 Å². The standard InChI is InChI=1S/C14H14N2O3S/c1-11-7-8-12(9-14(11)20(17,18)19)10-15-16-13-5-3-2-4-6-13/h2-10,16H,1H3,(H,17,18,19). The maximum atomic E-state index is 11.2. The normalized spacial score (nSPS) is 11.7. The van der Waals surface area contributed by atoms with Crippen molar-refractivity contribution in [1.82, 2.24) is 0 Å². The van der Waals surface area contributed by atoms with Gasteiger partial charge in [-0.3, -0.25) is 9.98 Å². The van der Waals surface area contributed by atoms with Crippen LogP contribution in [-0.4, -0.2) is 19.2 Å². The summed E-state index contributed by atoms with van der Waals surface area (Å²) in [5, 5.41) is 4.01. The van der Waals surface area contributed by atoms with Crippen LogP contribution in [0.1, 0.15) is 11.1 Å². The van der Waals surface area contributed by atoms with Crippen LogP contribution in [0.4, 0.5) is 5.69 Å². The quantitative estimate of drug-likeness (QED) is 0.515. The van der Waals surface area contributed by atoms with Gasteiger partial charge in [-0.05, 0) is 36.2 Å². The van der Waals surface area contributed by atoms with Crippen molar-refractivity contribution < 1.29 is 13.0 Å². The molecule has 6 heteroatoms. The Morgan fingerprint density at radius 2 is 1.85 bits per heavy atom. The van der Waals surface area contributed by atoms with Gasteiger partial charge < -0.3 is 0 Å². The fourth-order valence-electron chi connectivity index (χ4n) is 1.67. The molecule has 0 unspecified atom stereocenters. The number of benzene rings is 2. The van der Waals surface area contributed by atoms with Gasteiger partial charge in [-0.25, -0.2) is 0 Å². The summed E-state index contributed by atoms with van der Waals surface area (Å²) in [5.74, 6) is 0. The number of aryl methyl sites for hydroxylation is 1. The van der Waals surface area contributed by atoms with Crippen molar-refractivity contribution in [1.29, 1.82) is 0 Å². The fourth-order valence-corrected chi connectivity index (χ4v) is 2.43. The van der Waals surface area contributed by atoms with Gasteiger partial charge in [0.15, 0.2) is 0 Å². The molecule has 2 aromatic rings. The highest BCUT2D eigenvalue weighted by molar-refractivity contribution is 7.85. The smallest absolute Gasteiger partial charge is 0.282 e. The monoisotopic (exact) mass is 290 g/mol. The molecular weight excluding hydrogens is 276 g/mol. The van der Waals surface area contributed by atoms with E-state index >= 15 is 0 Å². The van der Waals surface area contributed by atoms with E-state index in [1.165, 1.54) is 12.3 Å². The maximum Gasteiger partial charge on any atom is 0.294 e. The van der Waals surface area contributed by atoms with Gasteiger partial charge in [0.05, 0.1) is 16.8 Å². The predicted octanol–water partition coefficient (Wildman–Crippen LogP) is 2.69. The van der Waals surface area contributed by atoms with Crippen LogP contribution in [0.2, 0.25) is 0 Å². The van der Waals surface area contributed by atoms with Crippen LogP contribution in [0.15, 0.2) is 58.5 Å². The average Bonchev–Trinajstić information content (AvgIpc) is 2.40. The Labute approximate surface area is 117 Å². The van der Waals surface area contributed by atoms with Crippen molar-refractivity contribution in [2.75, 3.05) is 5.43 Å². The minimum atomic E-state index is -4.22. The number of nitrogens with zero attached hydrogens (tertiary/aromatic N) is 1. The minimum Gasteiger partial charge on any atom is -0.282 e. The molecule has 0 saturated carbocycles. The van der Waals surface area contributed by atoms with Crippen LogP contribution in [-0.2, 0) is 10.1 Å². The molecule has 0 radical (unpaired) electrons. The molecule has 0 aliphatic heterocycles. The Morgan fingerprint density at radius 1 is 1.15 bits per heavy atom. The van der Waals surface area contributed by atoms with Crippen LogP contribution in [0.5, 0.6) is 0 Å². The molecule has 2 aromatic carbocycles. The first-order chi connectivity index (χ1) is 9.47. The van der Waals surface area contributed by atoms with E-state index in [0.29, 0.717) is 11.1 Å². The molecule has 2 rings (SSSR count). The second-order valence-electron chi connectivity index (χ2n) is 4.24. The molecule has 0 spiro atoms. The van der Waals surface area contributed by atoms with E-state index in [4.69, 9.17) is 4.55 Å². The summed E-state index contributed by atoms with van der Waals surface area (Å²) >= 11 is 0. The maximum absolute atomic E-state index is 11.2. The van der Waals surface area contributed by atoms with Gasteiger partial charge in [-0.15, -0.1) is 0 Å². The van der Waals surface area contributed by atoms with Crippen molar-refractivity contribution in [3.05, 3.63) is 59.7 Å². The number of rotatable bonds is 4. The third kappa shape index (κ3) is 3.66. The summed E-state index contributed by atoms with van der Waals surface area (Å²) in [5.41, 5.74) is 4.71. The van der Waals surface area contributed by atoms with E-state index in [2.05, 4.69) is 10.5 Å². The topological polar surface area (TPSA) is 78.8 Å². The summed E-state index contributed by atoms with van der Waals surface area (Å²) in [7, 11) is -4.22. The second-order valence-corrected chi connectivity index (χ2v) is 5.63. The second kappa shape index (κ2) is 5.85. The summed E-state index contributed by atoms with van der Waals surface area (Å²) in [6.45, 7) is 1.62. The zero-order valence-electron chi connectivity index (χ0n) is 10.8. The first kappa shape index (κ1) is 14.2. The van der Waals surface area contributed by atoms with Gasteiger partial charge in [-0.1, -0.05) is 30.3 Å². The van der Waals surface area contributed by atoms with E-state index in [9.17, 15) is 8.42 Å². The number of anilines is 1. The highest BCUT2D eigenvalue weighted by Gasteiger charge is 2.12. The number of nitrogens with one attached hydrogen (secondary N) is 1. The Balaban J connectivity index is 2.18. The molecule has 20 heavy (non-hydrogen) atoms. The molecule has 104 valence electrons. The van der Waals surface area contributed by atoms with E-state index in [0.717, 1.165) is 5.69 Å². The molecule has 0 aromatic heterocycles. The zero-order chi connectivity index (χ0) is 14.6. The van der Waals surface area contributed by atoms with Crippen molar-refractivity contribution in [3.63, 3.8) is 0 Å². The number of hydrogen-bond donors (Lipinski definition) is 2. The highest BCUT2D eigenvalue weighted by Crippen LogP contribution is 2.16.